The third-order valence-corrected chi connectivity index (χ3v) is 2.22. The zero-order valence-corrected chi connectivity index (χ0v) is 9.04. The lowest BCUT2D eigenvalue weighted by Crippen LogP contribution is -2.44. The Hall–Kier alpha value is -0.830. The molecule has 0 fully saturated rings. The van der Waals surface area contributed by atoms with Crippen LogP contribution in [-0.2, 0) is 0 Å². The molecular formula is C10H20N2O. The molecular weight excluding hydrogens is 164 g/mol. The first kappa shape index (κ1) is 12.2. The standard InChI is InChI=1S/C10H20N2O/c1-6-10(4,13)9(11-5)12(7-2)8-3/h7,13H,2,6,8H2,1,3-5H3/b11-9-. The first-order valence-electron chi connectivity index (χ1n) is 4.62. The molecule has 0 aliphatic heterocycles. The zero-order valence-electron chi connectivity index (χ0n) is 9.04. The predicted octanol–water partition coefficient (Wildman–Crippen LogP) is 1.64. The van der Waals surface area contributed by atoms with Crippen LogP contribution < -0.4 is 0 Å². The Kier molecular flexibility index (Phi) is 4.70. The highest BCUT2D eigenvalue weighted by Gasteiger charge is 2.27. The van der Waals surface area contributed by atoms with Crippen molar-refractivity contribution in [2.24, 2.45) is 4.99 Å². The predicted molar refractivity (Wildman–Crippen MR) is 56.9 cm³/mol. The van der Waals surface area contributed by atoms with Gasteiger partial charge in [-0.2, -0.15) is 0 Å². The molecule has 0 radical (unpaired) electrons. The fraction of sp³-hybridized carbons (Fsp3) is 0.700. The molecule has 0 aromatic heterocycles. The molecule has 0 aliphatic carbocycles. The van der Waals surface area contributed by atoms with Gasteiger partial charge in [0.1, 0.15) is 11.4 Å². The highest BCUT2D eigenvalue weighted by molar-refractivity contribution is 5.90. The Bertz CT molecular complexity index is 197. The van der Waals surface area contributed by atoms with Crippen molar-refractivity contribution in [2.75, 3.05) is 13.6 Å². The Morgan fingerprint density at radius 1 is 1.62 bits per heavy atom. The average molecular weight is 184 g/mol. The van der Waals surface area contributed by atoms with E-state index in [0.717, 1.165) is 6.54 Å². The minimum Gasteiger partial charge on any atom is -0.382 e. The van der Waals surface area contributed by atoms with Gasteiger partial charge in [0, 0.05) is 13.6 Å². The van der Waals surface area contributed by atoms with Gasteiger partial charge in [-0.25, -0.2) is 0 Å². The summed E-state index contributed by atoms with van der Waals surface area (Å²) >= 11 is 0. The molecule has 76 valence electrons. The van der Waals surface area contributed by atoms with Crippen molar-refractivity contribution in [3.8, 4) is 0 Å². The van der Waals surface area contributed by atoms with Crippen LogP contribution in [-0.4, -0.2) is 35.0 Å². The van der Waals surface area contributed by atoms with Gasteiger partial charge in [-0.05, 0) is 26.5 Å². The first-order chi connectivity index (χ1) is 6.03. The second-order valence-electron chi connectivity index (χ2n) is 3.14. The second-order valence-corrected chi connectivity index (χ2v) is 3.14. The van der Waals surface area contributed by atoms with E-state index in [-0.39, 0.29) is 0 Å². The maximum Gasteiger partial charge on any atom is 0.135 e. The Labute approximate surface area is 80.8 Å². The van der Waals surface area contributed by atoms with Crippen LogP contribution in [0.2, 0.25) is 0 Å². The van der Waals surface area contributed by atoms with Crippen LogP contribution >= 0.6 is 0 Å². The van der Waals surface area contributed by atoms with Crippen LogP contribution in [0, 0.1) is 0 Å². The lowest BCUT2D eigenvalue weighted by molar-refractivity contribution is 0.116. The molecule has 1 unspecified atom stereocenters. The third kappa shape index (κ3) is 2.84. The summed E-state index contributed by atoms with van der Waals surface area (Å²) in [6.07, 6.45) is 2.33. The Balaban J connectivity index is 4.79. The summed E-state index contributed by atoms with van der Waals surface area (Å²) in [7, 11) is 1.69. The van der Waals surface area contributed by atoms with E-state index in [1.54, 1.807) is 20.2 Å². The lowest BCUT2D eigenvalue weighted by atomic mass is 10.0. The van der Waals surface area contributed by atoms with Gasteiger partial charge in [-0.15, -0.1) is 0 Å². The number of aliphatic hydroxyl groups is 1. The molecule has 0 rings (SSSR count). The first-order valence-corrected chi connectivity index (χ1v) is 4.62. The van der Waals surface area contributed by atoms with Crippen LogP contribution in [0.15, 0.2) is 17.8 Å². The van der Waals surface area contributed by atoms with Crippen molar-refractivity contribution in [2.45, 2.75) is 32.8 Å². The number of likely N-dealkylation sites (N-methyl/N-ethyl adjacent to an activating group) is 1. The fourth-order valence-corrected chi connectivity index (χ4v) is 1.20. The van der Waals surface area contributed by atoms with Gasteiger partial charge in [0.25, 0.3) is 0 Å². The molecule has 0 spiro atoms. The van der Waals surface area contributed by atoms with Crippen LogP contribution in [0.5, 0.6) is 0 Å². The highest BCUT2D eigenvalue weighted by Crippen LogP contribution is 2.14. The van der Waals surface area contributed by atoms with Gasteiger partial charge in [-0.3, -0.25) is 4.99 Å². The van der Waals surface area contributed by atoms with Gasteiger partial charge in [0.05, 0.1) is 0 Å². The highest BCUT2D eigenvalue weighted by atomic mass is 16.3. The van der Waals surface area contributed by atoms with Crippen LogP contribution in [0.3, 0.4) is 0 Å². The molecule has 1 atom stereocenters. The number of aliphatic imine (C=N–C) groups is 1. The van der Waals surface area contributed by atoms with Gasteiger partial charge in [-0.1, -0.05) is 13.5 Å². The maximum atomic E-state index is 10.00. The number of hydrogen-bond acceptors (Lipinski definition) is 2. The lowest BCUT2D eigenvalue weighted by Gasteiger charge is -2.30. The van der Waals surface area contributed by atoms with Crippen molar-refractivity contribution in [1.29, 1.82) is 0 Å². The van der Waals surface area contributed by atoms with E-state index < -0.39 is 5.60 Å². The zero-order chi connectivity index (χ0) is 10.5. The van der Waals surface area contributed by atoms with Crippen molar-refractivity contribution < 1.29 is 5.11 Å². The quantitative estimate of drug-likeness (QED) is 0.532. The SMILES string of the molecule is C=CN(CC)/C(=N\C)C(C)(O)CC. The molecule has 0 amide bonds. The normalized spacial score (nSPS) is 16.5. The van der Waals surface area contributed by atoms with Crippen molar-refractivity contribution >= 4 is 5.84 Å². The molecule has 3 heteroatoms. The van der Waals surface area contributed by atoms with Crippen LogP contribution in [0.1, 0.15) is 27.2 Å². The molecule has 1 N–H and O–H groups in total. The molecule has 3 nitrogen and oxygen atoms in total. The topological polar surface area (TPSA) is 35.8 Å². The molecule has 13 heavy (non-hydrogen) atoms. The Morgan fingerprint density at radius 3 is 2.38 bits per heavy atom. The van der Waals surface area contributed by atoms with E-state index in [0.29, 0.717) is 12.3 Å². The summed E-state index contributed by atoms with van der Waals surface area (Å²) in [5.74, 6) is 0.674. The summed E-state index contributed by atoms with van der Waals surface area (Å²) < 4.78 is 0. The molecule has 0 saturated heterocycles. The monoisotopic (exact) mass is 184 g/mol. The summed E-state index contributed by atoms with van der Waals surface area (Å²) in [6.45, 7) is 10.1. The second kappa shape index (κ2) is 5.02. The van der Waals surface area contributed by atoms with E-state index in [2.05, 4.69) is 11.6 Å². The van der Waals surface area contributed by atoms with E-state index in [9.17, 15) is 5.11 Å². The van der Waals surface area contributed by atoms with Crippen molar-refractivity contribution in [3.63, 3.8) is 0 Å². The van der Waals surface area contributed by atoms with Gasteiger partial charge < -0.3 is 10.0 Å². The van der Waals surface area contributed by atoms with Gasteiger partial charge in [0.15, 0.2) is 0 Å². The maximum absolute atomic E-state index is 10.00. The smallest absolute Gasteiger partial charge is 0.135 e. The number of amidine groups is 1. The third-order valence-electron chi connectivity index (χ3n) is 2.22. The van der Waals surface area contributed by atoms with Gasteiger partial charge >= 0.3 is 0 Å². The molecule has 0 aromatic carbocycles. The number of nitrogens with zero attached hydrogens (tertiary/aromatic N) is 2. The summed E-state index contributed by atoms with van der Waals surface area (Å²) in [4.78, 5) is 5.94. The molecule has 0 saturated carbocycles. The summed E-state index contributed by atoms with van der Waals surface area (Å²) in [5, 5.41) is 10.00. The minimum absolute atomic E-state index is 0.643. The van der Waals surface area contributed by atoms with Crippen molar-refractivity contribution in [3.05, 3.63) is 12.8 Å². The minimum atomic E-state index is -0.862. The number of hydrogen-bond donors (Lipinski definition) is 1. The molecule has 0 bridgehead atoms. The number of rotatable bonds is 4. The largest absolute Gasteiger partial charge is 0.382 e. The Morgan fingerprint density at radius 2 is 2.15 bits per heavy atom. The van der Waals surface area contributed by atoms with E-state index in [1.165, 1.54) is 0 Å². The summed E-state index contributed by atoms with van der Waals surface area (Å²) in [6, 6.07) is 0. The fourth-order valence-electron chi connectivity index (χ4n) is 1.20. The van der Waals surface area contributed by atoms with E-state index >= 15 is 0 Å². The molecule has 0 heterocycles. The summed E-state index contributed by atoms with van der Waals surface area (Å²) in [5.41, 5.74) is -0.862. The van der Waals surface area contributed by atoms with E-state index in [4.69, 9.17) is 0 Å². The van der Waals surface area contributed by atoms with Crippen LogP contribution in [0.4, 0.5) is 0 Å². The van der Waals surface area contributed by atoms with Crippen LogP contribution in [0.25, 0.3) is 0 Å². The average Bonchev–Trinajstić information content (AvgIpc) is 2.13. The molecule has 0 aliphatic rings. The van der Waals surface area contributed by atoms with Crippen molar-refractivity contribution in [1.82, 2.24) is 4.90 Å². The molecule has 0 aromatic rings. The van der Waals surface area contributed by atoms with Gasteiger partial charge in [0.2, 0.25) is 0 Å². The van der Waals surface area contributed by atoms with E-state index in [1.807, 2.05) is 18.7 Å².